The van der Waals surface area contributed by atoms with Gasteiger partial charge in [-0.3, -0.25) is 14.4 Å². The molecule has 5 rings (SSSR count). The summed E-state index contributed by atoms with van der Waals surface area (Å²) < 4.78 is 7.43. The highest BCUT2D eigenvalue weighted by Crippen LogP contribution is 2.56. The van der Waals surface area contributed by atoms with Crippen LogP contribution in [-0.2, 0) is 17.9 Å². The summed E-state index contributed by atoms with van der Waals surface area (Å²) >= 11 is 0. The van der Waals surface area contributed by atoms with Crippen molar-refractivity contribution in [1.29, 1.82) is 0 Å². The number of carbonyl (C=O) groups excluding carboxylic acids is 1. The van der Waals surface area contributed by atoms with E-state index in [9.17, 15) is 4.79 Å². The fraction of sp³-hybridized carbons (Fsp3) is 0.565. The molecule has 6 heteroatoms. The monoisotopic (exact) mass is 394 g/mol. The Bertz CT molecular complexity index is 939. The van der Waals surface area contributed by atoms with Gasteiger partial charge in [-0.1, -0.05) is 12.1 Å². The van der Waals surface area contributed by atoms with Crippen molar-refractivity contribution in [3.8, 4) is 5.75 Å². The van der Waals surface area contributed by atoms with Crippen LogP contribution in [0.25, 0.3) is 0 Å². The molecule has 1 aromatic heterocycles. The third-order valence-corrected chi connectivity index (χ3v) is 7.43. The van der Waals surface area contributed by atoms with Crippen LogP contribution < -0.4 is 4.74 Å². The zero-order valence-corrected chi connectivity index (χ0v) is 17.6. The number of hydrogen-bond acceptors (Lipinski definition) is 4. The Hall–Kier alpha value is -2.34. The van der Waals surface area contributed by atoms with Crippen LogP contribution in [0.2, 0.25) is 0 Å². The Labute approximate surface area is 172 Å². The van der Waals surface area contributed by atoms with Gasteiger partial charge in [-0.25, -0.2) is 0 Å². The molecule has 0 bridgehead atoms. The van der Waals surface area contributed by atoms with E-state index < -0.39 is 0 Å². The van der Waals surface area contributed by atoms with Crippen LogP contribution in [0.4, 0.5) is 0 Å². The lowest BCUT2D eigenvalue weighted by Gasteiger charge is -2.33. The number of amides is 1. The van der Waals surface area contributed by atoms with Crippen LogP contribution in [0.1, 0.15) is 49.0 Å². The van der Waals surface area contributed by atoms with E-state index in [1.165, 1.54) is 11.3 Å². The van der Waals surface area contributed by atoms with Crippen molar-refractivity contribution in [2.75, 3.05) is 20.2 Å². The minimum Gasteiger partial charge on any atom is -0.497 e. The second kappa shape index (κ2) is 6.87. The molecule has 1 aromatic carbocycles. The Balaban J connectivity index is 1.41. The number of ether oxygens (including phenoxy) is 1. The van der Waals surface area contributed by atoms with E-state index in [0.717, 1.165) is 50.2 Å². The zero-order valence-electron chi connectivity index (χ0n) is 17.6. The smallest absolute Gasteiger partial charge is 0.243 e. The lowest BCUT2D eigenvalue weighted by atomic mass is 9.85. The third-order valence-electron chi connectivity index (χ3n) is 7.43. The summed E-state index contributed by atoms with van der Waals surface area (Å²) in [5, 5.41) is 4.57. The maximum atomic E-state index is 13.7. The van der Waals surface area contributed by atoms with Crippen molar-refractivity contribution in [2.45, 2.75) is 57.8 Å². The molecule has 0 radical (unpaired) electrons. The van der Waals surface area contributed by atoms with Gasteiger partial charge in [-0.2, -0.15) is 5.10 Å². The van der Waals surface area contributed by atoms with Gasteiger partial charge in [0.25, 0.3) is 0 Å². The fourth-order valence-electron chi connectivity index (χ4n) is 6.11. The van der Waals surface area contributed by atoms with Gasteiger partial charge in [0.15, 0.2) is 0 Å². The molecule has 0 aliphatic carbocycles. The fourth-order valence-corrected chi connectivity index (χ4v) is 6.11. The summed E-state index contributed by atoms with van der Waals surface area (Å²) in [5.74, 6) is 1.57. The van der Waals surface area contributed by atoms with E-state index in [1.807, 2.05) is 24.4 Å². The molecule has 2 aromatic rings. The molecule has 4 heterocycles. The van der Waals surface area contributed by atoms with Crippen molar-refractivity contribution in [2.24, 2.45) is 5.92 Å². The lowest BCUT2D eigenvalue weighted by Crippen LogP contribution is -2.49. The van der Waals surface area contributed by atoms with Gasteiger partial charge in [0, 0.05) is 42.9 Å². The third kappa shape index (κ3) is 2.65. The number of rotatable bonds is 5. The molecule has 0 unspecified atom stereocenters. The first-order valence-corrected chi connectivity index (χ1v) is 10.8. The Morgan fingerprint density at radius 2 is 2.21 bits per heavy atom. The number of carbonyl (C=O) groups is 1. The van der Waals surface area contributed by atoms with Crippen molar-refractivity contribution in [1.82, 2.24) is 19.6 Å². The average molecular weight is 395 g/mol. The topological polar surface area (TPSA) is 50.6 Å². The zero-order chi connectivity index (χ0) is 20.2. The number of aryl methyl sites for hydroxylation is 1. The molecule has 3 aliphatic heterocycles. The number of likely N-dealkylation sites (tertiary alicyclic amines) is 1. The minimum absolute atomic E-state index is 0.301. The van der Waals surface area contributed by atoms with Gasteiger partial charge < -0.3 is 9.64 Å². The maximum absolute atomic E-state index is 13.7. The Kier molecular flexibility index (Phi) is 4.42. The van der Waals surface area contributed by atoms with Crippen molar-refractivity contribution in [3.05, 3.63) is 47.3 Å². The van der Waals surface area contributed by atoms with E-state index in [-0.39, 0.29) is 5.54 Å². The minimum atomic E-state index is -0.301. The molecule has 154 valence electrons. The molecule has 3 fully saturated rings. The Morgan fingerprint density at radius 1 is 1.34 bits per heavy atom. The molecule has 1 spiro atoms. The van der Waals surface area contributed by atoms with Gasteiger partial charge in [-0.15, -0.1) is 0 Å². The molecule has 0 saturated carbocycles. The van der Waals surface area contributed by atoms with Crippen molar-refractivity contribution < 1.29 is 9.53 Å². The second-order valence-corrected chi connectivity index (χ2v) is 8.71. The number of methoxy groups -OCH3 is 1. The summed E-state index contributed by atoms with van der Waals surface area (Å²) in [7, 11) is 1.68. The van der Waals surface area contributed by atoms with Crippen LogP contribution in [0.5, 0.6) is 5.75 Å². The van der Waals surface area contributed by atoms with Gasteiger partial charge >= 0.3 is 0 Å². The van der Waals surface area contributed by atoms with E-state index in [4.69, 9.17) is 4.74 Å². The molecule has 6 nitrogen and oxygen atoms in total. The first kappa shape index (κ1) is 18.7. The van der Waals surface area contributed by atoms with E-state index in [2.05, 4.69) is 39.5 Å². The number of nitrogens with zero attached hydrogens (tertiary/aromatic N) is 4. The molecule has 0 N–H and O–H groups in total. The van der Waals surface area contributed by atoms with E-state index in [0.29, 0.717) is 24.4 Å². The van der Waals surface area contributed by atoms with Crippen LogP contribution >= 0.6 is 0 Å². The number of hydrogen-bond donors (Lipinski definition) is 0. The summed E-state index contributed by atoms with van der Waals surface area (Å²) in [4.78, 5) is 18.3. The van der Waals surface area contributed by atoms with Gasteiger partial charge in [0.1, 0.15) is 11.3 Å². The van der Waals surface area contributed by atoms with Crippen molar-refractivity contribution >= 4 is 5.91 Å². The number of benzene rings is 1. The van der Waals surface area contributed by atoms with Crippen LogP contribution in [-0.4, -0.2) is 51.2 Å². The molecule has 29 heavy (non-hydrogen) atoms. The largest absolute Gasteiger partial charge is 0.497 e. The molecular formula is C23H30N4O2. The van der Waals surface area contributed by atoms with E-state index >= 15 is 0 Å². The lowest BCUT2D eigenvalue weighted by molar-refractivity contribution is -0.137. The quantitative estimate of drug-likeness (QED) is 0.782. The average Bonchev–Trinajstić information content (AvgIpc) is 3.45. The molecule has 1 amide bonds. The second-order valence-electron chi connectivity index (χ2n) is 8.71. The SMILES string of the molecule is CCn1ncc([C@@H]2C[C@H]3CN(Cc4cccc(OC)c4)C(=O)[C@]34CCCN24)c1C. The maximum Gasteiger partial charge on any atom is 0.243 e. The predicted molar refractivity (Wildman–Crippen MR) is 111 cm³/mol. The molecular weight excluding hydrogens is 364 g/mol. The molecule has 3 saturated heterocycles. The van der Waals surface area contributed by atoms with Gasteiger partial charge in [0.2, 0.25) is 5.91 Å². The van der Waals surface area contributed by atoms with Crippen LogP contribution in [0.3, 0.4) is 0 Å². The highest BCUT2D eigenvalue weighted by molar-refractivity contribution is 5.90. The number of aromatic nitrogens is 2. The van der Waals surface area contributed by atoms with Crippen LogP contribution in [0.15, 0.2) is 30.5 Å². The first-order valence-electron chi connectivity index (χ1n) is 10.8. The van der Waals surface area contributed by atoms with E-state index in [1.54, 1.807) is 7.11 Å². The summed E-state index contributed by atoms with van der Waals surface area (Å²) in [6.45, 7) is 7.71. The summed E-state index contributed by atoms with van der Waals surface area (Å²) in [6, 6.07) is 8.39. The standard InChI is InChI=1S/C23H30N4O2/c1-4-27-16(2)20(13-24-27)21-12-18-15-25(14-17-7-5-8-19(11-17)29-3)22(28)23(18)9-6-10-26(21)23/h5,7-8,11,13,18,21H,4,6,9-10,12,14-15H2,1-3H3/t18-,21-,23-/m0/s1. The molecule has 3 atom stereocenters. The van der Waals surface area contributed by atoms with Gasteiger partial charge in [-0.05, 0) is 57.4 Å². The van der Waals surface area contributed by atoms with Crippen LogP contribution in [0, 0.1) is 12.8 Å². The predicted octanol–water partition coefficient (Wildman–Crippen LogP) is 3.16. The normalized spacial score (nSPS) is 28.8. The first-order chi connectivity index (χ1) is 14.1. The highest BCUT2D eigenvalue weighted by atomic mass is 16.5. The Morgan fingerprint density at radius 3 is 2.97 bits per heavy atom. The summed E-state index contributed by atoms with van der Waals surface area (Å²) in [5.41, 5.74) is 3.40. The van der Waals surface area contributed by atoms with Gasteiger partial charge in [0.05, 0.1) is 13.3 Å². The highest BCUT2D eigenvalue weighted by Gasteiger charge is 2.65. The van der Waals surface area contributed by atoms with Crippen molar-refractivity contribution in [3.63, 3.8) is 0 Å². The summed E-state index contributed by atoms with van der Waals surface area (Å²) in [6.07, 6.45) is 5.18. The molecule has 3 aliphatic rings.